The Hall–Kier alpha value is -1.30. The zero-order chi connectivity index (χ0) is 16.4. The Morgan fingerprint density at radius 1 is 1.43 bits per heavy atom. The Labute approximate surface area is 141 Å². The van der Waals surface area contributed by atoms with Crippen LogP contribution in [0.1, 0.15) is 24.0 Å². The number of aryl methyl sites for hydroxylation is 1. The van der Waals surface area contributed by atoms with Crippen molar-refractivity contribution >= 4 is 17.5 Å². The molecular formula is C17H22ClNO4. The molecule has 0 spiro atoms. The Morgan fingerprint density at radius 2 is 2.22 bits per heavy atom. The number of carbonyl (C=O) groups is 1. The third-order valence-corrected chi connectivity index (χ3v) is 4.56. The molecule has 1 saturated carbocycles. The molecule has 0 N–H and O–H groups in total. The summed E-state index contributed by atoms with van der Waals surface area (Å²) in [6, 6.07) is 3.96. The average molecular weight is 340 g/mol. The van der Waals surface area contributed by atoms with Gasteiger partial charge in [-0.25, -0.2) is 0 Å². The van der Waals surface area contributed by atoms with Crippen LogP contribution in [-0.2, 0) is 20.7 Å². The van der Waals surface area contributed by atoms with Gasteiger partial charge < -0.3 is 19.1 Å². The number of hydrogen-bond acceptors (Lipinski definition) is 4. The van der Waals surface area contributed by atoms with Gasteiger partial charge in [-0.1, -0.05) is 11.6 Å². The second-order valence-electron chi connectivity index (χ2n) is 6.13. The second kappa shape index (κ2) is 7.07. The summed E-state index contributed by atoms with van der Waals surface area (Å²) in [4.78, 5) is 14.8. The smallest absolute Gasteiger partial charge is 0.227 e. The van der Waals surface area contributed by atoms with E-state index in [0.717, 1.165) is 24.0 Å². The van der Waals surface area contributed by atoms with Gasteiger partial charge in [0.25, 0.3) is 0 Å². The first-order valence-electron chi connectivity index (χ1n) is 7.90. The molecule has 1 aromatic rings. The van der Waals surface area contributed by atoms with Crippen molar-refractivity contribution in [3.05, 3.63) is 28.3 Å². The fourth-order valence-corrected chi connectivity index (χ4v) is 3.20. The predicted molar refractivity (Wildman–Crippen MR) is 86.9 cm³/mol. The first-order valence-corrected chi connectivity index (χ1v) is 8.28. The van der Waals surface area contributed by atoms with Crippen molar-refractivity contribution in [2.24, 2.45) is 0 Å². The van der Waals surface area contributed by atoms with Gasteiger partial charge in [-0.2, -0.15) is 0 Å². The molecule has 23 heavy (non-hydrogen) atoms. The lowest BCUT2D eigenvalue weighted by Crippen LogP contribution is -2.40. The highest BCUT2D eigenvalue weighted by Crippen LogP contribution is 2.31. The highest BCUT2D eigenvalue weighted by atomic mass is 35.5. The summed E-state index contributed by atoms with van der Waals surface area (Å²) < 4.78 is 16.1. The molecule has 1 aromatic carbocycles. The molecule has 1 amide bonds. The SMILES string of the molecule is COc1cc(Cl)cc(C)c1CC(=O)N(CC1COCO1)C1CC1. The van der Waals surface area contributed by atoms with Gasteiger partial charge in [0.2, 0.25) is 5.91 Å². The van der Waals surface area contributed by atoms with Crippen LogP contribution in [0, 0.1) is 6.92 Å². The lowest BCUT2D eigenvalue weighted by molar-refractivity contribution is -0.132. The number of hydrogen-bond donors (Lipinski definition) is 0. The summed E-state index contributed by atoms with van der Waals surface area (Å²) in [5, 5.41) is 0.617. The summed E-state index contributed by atoms with van der Waals surface area (Å²) in [5.41, 5.74) is 1.87. The van der Waals surface area contributed by atoms with E-state index in [2.05, 4.69) is 0 Å². The molecule has 1 heterocycles. The van der Waals surface area contributed by atoms with E-state index in [1.54, 1.807) is 13.2 Å². The molecular weight excluding hydrogens is 318 g/mol. The maximum atomic E-state index is 12.8. The lowest BCUT2D eigenvalue weighted by atomic mass is 10.0. The van der Waals surface area contributed by atoms with E-state index in [1.165, 1.54) is 0 Å². The Balaban J connectivity index is 1.73. The van der Waals surface area contributed by atoms with E-state index in [-0.39, 0.29) is 12.0 Å². The zero-order valence-corrected chi connectivity index (χ0v) is 14.3. The number of halogens is 1. The van der Waals surface area contributed by atoms with Gasteiger partial charge in [0, 0.05) is 23.2 Å². The fraction of sp³-hybridized carbons (Fsp3) is 0.588. The monoisotopic (exact) mass is 339 g/mol. The topological polar surface area (TPSA) is 48.0 Å². The number of carbonyl (C=O) groups excluding carboxylic acids is 1. The summed E-state index contributed by atoms with van der Waals surface area (Å²) in [7, 11) is 1.60. The van der Waals surface area contributed by atoms with Crippen molar-refractivity contribution in [2.75, 3.05) is 27.1 Å². The maximum Gasteiger partial charge on any atom is 0.227 e. The molecule has 1 atom stereocenters. The minimum Gasteiger partial charge on any atom is -0.496 e. The number of benzene rings is 1. The number of amides is 1. The van der Waals surface area contributed by atoms with Crippen LogP contribution in [0.15, 0.2) is 12.1 Å². The molecule has 126 valence electrons. The molecule has 0 radical (unpaired) electrons. The number of rotatable bonds is 6. The normalized spacial score (nSPS) is 20.6. The minimum atomic E-state index is -0.0206. The number of methoxy groups -OCH3 is 1. The van der Waals surface area contributed by atoms with E-state index in [4.69, 9.17) is 25.8 Å². The molecule has 3 rings (SSSR count). The van der Waals surface area contributed by atoms with Gasteiger partial charge in [0.15, 0.2) is 0 Å². The van der Waals surface area contributed by atoms with Crippen molar-refractivity contribution in [2.45, 2.75) is 38.3 Å². The number of nitrogens with zero attached hydrogens (tertiary/aromatic N) is 1. The van der Waals surface area contributed by atoms with E-state index in [1.807, 2.05) is 17.9 Å². The van der Waals surface area contributed by atoms with Crippen molar-refractivity contribution in [1.29, 1.82) is 0 Å². The average Bonchev–Trinajstić information content (AvgIpc) is 3.23. The van der Waals surface area contributed by atoms with Crippen LogP contribution in [0.25, 0.3) is 0 Å². The van der Waals surface area contributed by atoms with Gasteiger partial charge >= 0.3 is 0 Å². The van der Waals surface area contributed by atoms with Gasteiger partial charge in [0.1, 0.15) is 18.6 Å². The van der Waals surface area contributed by atoms with Crippen molar-refractivity contribution in [3.8, 4) is 5.75 Å². The van der Waals surface area contributed by atoms with Crippen LogP contribution < -0.4 is 4.74 Å². The van der Waals surface area contributed by atoms with Crippen LogP contribution in [0.3, 0.4) is 0 Å². The fourth-order valence-electron chi connectivity index (χ4n) is 2.94. The van der Waals surface area contributed by atoms with Gasteiger partial charge in [-0.05, 0) is 37.5 Å². The Morgan fingerprint density at radius 3 is 2.83 bits per heavy atom. The van der Waals surface area contributed by atoms with E-state index in [9.17, 15) is 4.79 Å². The van der Waals surface area contributed by atoms with Crippen LogP contribution >= 0.6 is 11.6 Å². The Kier molecular flexibility index (Phi) is 5.09. The van der Waals surface area contributed by atoms with Crippen LogP contribution in [0.2, 0.25) is 5.02 Å². The minimum absolute atomic E-state index is 0.0206. The molecule has 2 fully saturated rings. The van der Waals surface area contributed by atoms with Gasteiger partial charge in [-0.3, -0.25) is 4.79 Å². The third kappa shape index (κ3) is 3.97. The molecule has 2 aliphatic rings. The maximum absolute atomic E-state index is 12.8. The Bertz CT molecular complexity index is 582. The molecule has 1 saturated heterocycles. The summed E-state index contributed by atoms with van der Waals surface area (Å²) >= 11 is 6.07. The summed E-state index contributed by atoms with van der Waals surface area (Å²) in [5.74, 6) is 0.770. The number of ether oxygens (including phenoxy) is 3. The molecule has 1 unspecified atom stereocenters. The molecule has 0 bridgehead atoms. The highest BCUT2D eigenvalue weighted by Gasteiger charge is 2.35. The van der Waals surface area contributed by atoms with Crippen molar-refractivity contribution in [3.63, 3.8) is 0 Å². The molecule has 6 heteroatoms. The van der Waals surface area contributed by atoms with E-state index in [0.29, 0.717) is 43.2 Å². The standard InChI is InChI=1S/C17H22ClNO4/c1-11-5-12(18)6-16(21-2)15(11)7-17(20)19(13-3-4-13)8-14-9-22-10-23-14/h5-6,13-14H,3-4,7-10H2,1-2H3. The predicted octanol–water partition coefficient (Wildman–Crippen LogP) is 2.56. The first-order chi connectivity index (χ1) is 11.1. The first kappa shape index (κ1) is 16.6. The van der Waals surface area contributed by atoms with Gasteiger partial charge in [0.05, 0.1) is 20.1 Å². The second-order valence-corrected chi connectivity index (χ2v) is 6.57. The zero-order valence-electron chi connectivity index (χ0n) is 13.5. The molecule has 0 aromatic heterocycles. The third-order valence-electron chi connectivity index (χ3n) is 4.34. The molecule has 1 aliphatic carbocycles. The van der Waals surface area contributed by atoms with E-state index < -0.39 is 0 Å². The van der Waals surface area contributed by atoms with Crippen LogP contribution in [0.5, 0.6) is 5.75 Å². The van der Waals surface area contributed by atoms with Gasteiger partial charge in [-0.15, -0.1) is 0 Å². The summed E-state index contributed by atoms with van der Waals surface area (Å²) in [6.07, 6.45) is 2.43. The van der Waals surface area contributed by atoms with Crippen LogP contribution in [-0.4, -0.2) is 50.0 Å². The molecule has 1 aliphatic heterocycles. The molecule has 5 nitrogen and oxygen atoms in total. The quantitative estimate of drug-likeness (QED) is 0.799. The summed E-state index contributed by atoms with van der Waals surface area (Å²) in [6.45, 7) is 3.42. The largest absolute Gasteiger partial charge is 0.496 e. The van der Waals surface area contributed by atoms with E-state index >= 15 is 0 Å². The van der Waals surface area contributed by atoms with Crippen molar-refractivity contribution < 1.29 is 19.0 Å². The van der Waals surface area contributed by atoms with Crippen molar-refractivity contribution in [1.82, 2.24) is 4.90 Å². The highest BCUT2D eigenvalue weighted by molar-refractivity contribution is 6.30. The lowest BCUT2D eigenvalue weighted by Gasteiger charge is -2.25. The van der Waals surface area contributed by atoms with Crippen LogP contribution in [0.4, 0.5) is 0 Å².